The van der Waals surface area contributed by atoms with Gasteiger partial charge in [0.1, 0.15) is 4.83 Å². The highest BCUT2D eigenvalue weighted by molar-refractivity contribution is 7.99. The SMILES string of the molecule is C=CCn1c(SCC2CCCCO2)nc2sc(-c3ccccc3)cc2c1=O. The number of allylic oxidation sites excluding steroid dienone is 1. The van der Waals surface area contributed by atoms with Crippen LogP contribution in [0.3, 0.4) is 0 Å². The number of hydrogen-bond donors (Lipinski definition) is 0. The molecule has 4 nitrogen and oxygen atoms in total. The predicted molar refractivity (Wildman–Crippen MR) is 114 cm³/mol. The molecule has 0 spiro atoms. The fraction of sp³-hybridized carbons (Fsp3) is 0.333. The van der Waals surface area contributed by atoms with E-state index in [1.807, 2.05) is 24.3 Å². The van der Waals surface area contributed by atoms with Crippen LogP contribution < -0.4 is 5.56 Å². The maximum absolute atomic E-state index is 13.1. The largest absolute Gasteiger partial charge is 0.377 e. The number of thiophene rings is 1. The standard InChI is InChI=1S/C21H22N2O2S2/c1-2-11-23-20(24)17-13-18(15-8-4-3-5-9-15)27-19(17)22-21(23)26-14-16-10-6-7-12-25-16/h2-5,8-9,13,16H,1,6-7,10-12,14H2. The number of fused-ring (bicyclic) bond motifs is 1. The Hall–Kier alpha value is -1.89. The number of thioether (sulfide) groups is 1. The van der Waals surface area contributed by atoms with Crippen LogP contribution in [-0.4, -0.2) is 28.0 Å². The fourth-order valence-corrected chi connectivity index (χ4v) is 5.40. The third-order valence-electron chi connectivity index (χ3n) is 4.66. The summed E-state index contributed by atoms with van der Waals surface area (Å²) >= 11 is 3.19. The summed E-state index contributed by atoms with van der Waals surface area (Å²) in [5.74, 6) is 0.825. The van der Waals surface area contributed by atoms with Crippen LogP contribution in [0.15, 0.2) is 59.0 Å². The van der Waals surface area contributed by atoms with Gasteiger partial charge < -0.3 is 4.74 Å². The van der Waals surface area contributed by atoms with Gasteiger partial charge in [0.25, 0.3) is 5.56 Å². The molecular weight excluding hydrogens is 376 g/mol. The van der Waals surface area contributed by atoms with Gasteiger partial charge in [-0.3, -0.25) is 9.36 Å². The first-order valence-electron chi connectivity index (χ1n) is 9.21. The molecule has 0 N–H and O–H groups in total. The molecule has 6 heteroatoms. The third kappa shape index (κ3) is 4.03. The van der Waals surface area contributed by atoms with Gasteiger partial charge in [0, 0.05) is 23.8 Å². The fourth-order valence-electron chi connectivity index (χ4n) is 3.25. The third-order valence-corrected chi connectivity index (χ3v) is 6.84. The van der Waals surface area contributed by atoms with Gasteiger partial charge in [0.15, 0.2) is 5.16 Å². The summed E-state index contributed by atoms with van der Waals surface area (Å²) in [6.07, 6.45) is 5.43. The Labute approximate surface area is 166 Å². The lowest BCUT2D eigenvalue weighted by Crippen LogP contribution is -2.24. The minimum Gasteiger partial charge on any atom is -0.377 e. The Morgan fingerprint density at radius 2 is 2.19 bits per heavy atom. The van der Waals surface area contributed by atoms with E-state index in [9.17, 15) is 4.79 Å². The van der Waals surface area contributed by atoms with Gasteiger partial charge in [0.05, 0.1) is 11.5 Å². The summed E-state index contributed by atoms with van der Waals surface area (Å²) in [7, 11) is 0. The molecule has 0 aliphatic carbocycles. The van der Waals surface area contributed by atoms with Crippen molar-refractivity contribution in [3.8, 4) is 10.4 Å². The summed E-state index contributed by atoms with van der Waals surface area (Å²) in [6, 6.07) is 12.1. The Morgan fingerprint density at radius 3 is 2.93 bits per heavy atom. The second-order valence-corrected chi connectivity index (χ2v) is 8.61. The molecule has 0 bridgehead atoms. The molecule has 3 heterocycles. The van der Waals surface area contributed by atoms with Crippen molar-refractivity contribution in [2.75, 3.05) is 12.4 Å². The predicted octanol–water partition coefficient (Wildman–Crippen LogP) is 4.97. The van der Waals surface area contributed by atoms with Gasteiger partial charge in [-0.05, 0) is 30.9 Å². The Bertz CT molecular complexity index is 989. The highest BCUT2D eigenvalue weighted by Crippen LogP contribution is 2.32. The second kappa shape index (κ2) is 8.42. The molecule has 1 atom stereocenters. The first-order chi connectivity index (χ1) is 13.3. The van der Waals surface area contributed by atoms with Crippen molar-refractivity contribution in [3.63, 3.8) is 0 Å². The molecule has 1 fully saturated rings. The van der Waals surface area contributed by atoms with Crippen LogP contribution in [0, 0.1) is 0 Å². The molecule has 1 unspecified atom stereocenters. The Kier molecular flexibility index (Phi) is 5.76. The maximum atomic E-state index is 13.1. The highest BCUT2D eigenvalue weighted by atomic mass is 32.2. The normalized spacial score (nSPS) is 17.3. The van der Waals surface area contributed by atoms with Crippen molar-refractivity contribution < 1.29 is 4.74 Å². The van der Waals surface area contributed by atoms with Gasteiger partial charge in [-0.15, -0.1) is 17.9 Å². The molecule has 3 aromatic rings. The van der Waals surface area contributed by atoms with Crippen molar-refractivity contribution in [3.05, 3.63) is 59.4 Å². The molecule has 1 saturated heterocycles. The van der Waals surface area contributed by atoms with E-state index in [1.165, 1.54) is 6.42 Å². The lowest BCUT2D eigenvalue weighted by atomic mass is 10.1. The number of nitrogens with zero attached hydrogens (tertiary/aromatic N) is 2. The van der Waals surface area contributed by atoms with E-state index in [4.69, 9.17) is 9.72 Å². The van der Waals surface area contributed by atoms with E-state index >= 15 is 0 Å². The number of hydrogen-bond acceptors (Lipinski definition) is 5. The van der Waals surface area contributed by atoms with Crippen LogP contribution in [0.4, 0.5) is 0 Å². The lowest BCUT2D eigenvalue weighted by Gasteiger charge is -2.22. The summed E-state index contributed by atoms with van der Waals surface area (Å²) in [6.45, 7) is 5.10. The van der Waals surface area contributed by atoms with Crippen LogP contribution in [-0.2, 0) is 11.3 Å². The quantitative estimate of drug-likeness (QED) is 0.334. The van der Waals surface area contributed by atoms with Crippen LogP contribution >= 0.6 is 23.1 Å². The number of aromatic nitrogens is 2. The van der Waals surface area contributed by atoms with Crippen molar-refractivity contribution >= 4 is 33.3 Å². The molecule has 0 amide bonds. The summed E-state index contributed by atoms with van der Waals surface area (Å²) < 4.78 is 7.55. The van der Waals surface area contributed by atoms with Crippen LogP contribution in [0.2, 0.25) is 0 Å². The molecule has 140 valence electrons. The molecule has 27 heavy (non-hydrogen) atoms. The second-order valence-electron chi connectivity index (χ2n) is 6.59. The van der Waals surface area contributed by atoms with Crippen LogP contribution in [0.5, 0.6) is 0 Å². The molecule has 1 aliphatic rings. The Balaban J connectivity index is 1.70. The number of benzene rings is 1. The number of ether oxygens (including phenoxy) is 1. The van der Waals surface area contributed by atoms with Crippen molar-refractivity contribution in [1.82, 2.24) is 9.55 Å². The lowest BCUT2D eigenvalue weighted by molar-refractivity contribution is 0.0315. The van der Waals surface area contributed by atoms with E-state index in [1.54, 1.807) is 33.7 Å². The van der Waals surface area contributed by atoms with E-state index in [0.717, 1.165) is 45.6 Å². The van der Waals surface area contributed by atoms with Crippen molar-refractivity contribution in [1.29, 1.82) is 0 Å². The van der Waals surface area contributed by atoms with E-state index in [0.29, 0.717) is 11.9 Å². The van der Waals surface area contributed by atoms with E-state index in [-0.39, 0.29) is 11.7 Å². The van der Waals surface area contributed by atoms with Gasteiger partial charge in [-0.25, -0.2) is 4.98 Å². The molecule has 0 radical (unpaired) electrons. The molecule has 1 aromatic carbocycles. The van der Waals surface area contributed by atoms with Crippen molar-refractivity contribution in [2.45, 2.75) is 37.1 Å². The first-order valence-corrected chi connectivity index (χ1v) is 11.0. The van der Waals surface area contributed by atoms with Gasteiger partial charge >= 0.3 is 0 Å². The molecule has 2 aromatic heterocycles. The summed E-state index contributed by atoms with van der Waals surface area (Å²) in [4.78, 5) is 19.8. The highest BCUT2D eigenvalue weighted by Gasteiger charge is 2.18. The molecular formula is C21H22N2O2S2. The van der Waals surface area contributed by atoms with Gasteiger partial charge in [-0.2, -0.15) is 0 Å². The van der Waals surface area contributed by atoms with Gasteiger partial charge in [0.2, 0.25) is 0 Å². The average molecular weight is 399 g/mol. The monoisotopic (exact) mass is 398 g/mol. The number of rotatable bonds is 6. The molecule has 0 saturated carbocycles. The van der Waals surface area contributed by atoms with Gasteiger partial charge in [-0.1, -0.05) is 48.2 Å². The van der Waals surface area contributed by atoms with E-state index in [2.05, 4.69) is 18.7 Å². The molecule has 4 rings (SSSR count). The topological polar surface area (TPSA) is 44.1 Å². The maximum Gasteiger partial charge on any atom is 0.263 e. The van der Waals surface area contributed by atoms with E-state index < -0.39 is 0 Å². The zero-order valence-corrected chi connectivity index (χ0v) is 16.7. The smallest absolute Gasteiger partial charge is 0.263 e. The minimum atomic E-state index is 0.00499. The van der Waals surface area contributed by atoms with Crippen LogP contribution in [0.1, 0.15) is 19.3 Å². The van der Waals surface area contributed by atoms with Crippen molar-refractivity contribution in [2.24, 2.45) is 0 Å². The Morgan fingerprint density at radius 1 is 1.33 bits per heavy atom. The zero-order valence-electron chi connectivity index (χ0n) is 15.1. The first kappa shape index (κ1) is 18.5. The van der Waals surface area contributed by atoms with Crippen LogP contribution in [0.25, 0.3) is 20.7 Å². The average Bonchev–Trinajstić information content (AvgIpc) is 3.15. The zero-order chi connectivity index (χ0) is 18.6. The minimum absolute atomic E-state index is 0.00499. The summed E-state index contributed by atoms with van der Waals surface area (Å²) in [5, 5.41) is 1.43. The molecule has 1 aliphatic heterocycles. The summed E-state index contributed by atoms with van der Waals surface area (Å²) in [5.41, 5.74) is 1.12.